The summed E-state index contributed by atoms with van der Waals surface area (Å²) in [6, 6.07) is 3.10. The average Bonchev–Trinajstić information content (AvgIpc) is 2.47. The summed E-state index contributed by atoms with van der Waals surface area (Å²) in [4.78, 5) is 28.7. The van der Waals surface area contributed by atoms with Gasteiger partial charge in [0.25, 0.3) is 0 Å². The van der Waals surface area contributed by atoms with E-state index in [1.54, 1.807) is 17.3 Å². The molecule has 0 aromatic carbocycles. The second-order valence-corrected chi connectivity index (χ2v) is 5.11. The molecule has 2 rings (SSSR count). The zero-order valence-corrected chi connectivity index (χ0v) is 11.2. The maximum atomic E-state index is 12.2. The Morgan fingerprint density at radius 2 is 2.15 bits per heavy atom. The quantitative estimate of drug-likeness (QED) is 0.823. The number of pyridine rings is 1. The third-order valence-electron chi connectivity index (χ3n) is 3.65. The van der Waals surface area contributed by atoms with Crippen molar-refractivity contribution in [3.63, 3.8) is 0 Å². The van der Waals surface area contributed by atoms with E-state index in [1.807, 2.05) is 12.1 Å². The summed E-state index contributed by atoms with van der Waals surface area (Å²) in [5.41, 5.74) is 6.86. The minimum absolute atomic E-state index is 0.113. The van der Waals surface area contributed by atoms with Crippen LogP contribution in [0.1, 0.15) is 18.4 Å². The van der Waals surface area contributed by atoms with Crippen LogP contribution in [-0.2, 0) is 16.0 Å². The highest BCUT2D eigenvalue weighted by Crippen LogP contribution is 2.18. The molecule has 1 atom stereocenters. The first-order chi connectivity index (χ1) is 9.58. The molecule has 2 heterocycles. The van der Waals surface area contributed by atoms with Gasteiger partial charge in [0.15, 0.2) is 0 Å². The van der Waals surface area contributed by atoms with Crippen LogP contribution >= 0.6 is 0 Å². The molecule has 1 unspecified atom stereocenters. The number of aliphatic carboxylic acids is 1. The van der Waals surface area contributed by atoms with Gasteiger partial charge in [0, 0.05) is 25.5 Å². The van der Waals surface area contributed by atoms with E-state index in [4.69, 9.17) is 10.8 Å². The van der Waals surface area contributed by atoms with Gasteiger partial charge in [0.05, 0.1) is 12.0 Å². The van der Waals surface area contributed by atoms with Crippen LogP contribution in [0.3, 0.4) is 0 Å². The third kappa shape index (κ3) is 3.54. The summed E-state index contributed by atoms with van der Waals surface area (Å²) in [6.45, 7) is 0.938. The van der Waals surface area contributed by atoms with Gasteiger partial charge in [-0.25, -0.2) is 0 Å². The van der Waals surface area contributed by atoms with Crippen molar-refractivity contribution in [2.45, 2.75) is 25.3 Å². The van der Waals surface area contributed by atoms with Gasteiger partial charge in [-0.05, 0) is 30.9 Å². The Labute approximate surface area is 117 Å². The summed E-state index contributed by atoms with van der Waals surface area (Å²) in [5, 5.41) is 8.93. The molecular formula is C14H19N3O3. The van der Waals surface area contributed by atoms with Gasteiger partial charge in [-0.3, -0.25) is 14.6 Å². The number of carbonyl (C=O) groups excluding carboxylic acids is 1. The van der Waals surface area contributed by atoms with Crippen molar-refractivity contribution in [1.82, 2.24) is 9.88 Å². The van der Waals surface area contributed by atoms with Gasteiger partial charge in [0.2, 0.25) is 5.91 Å². The molecule has 1 aliphatic heterocycles. The van der Waals surface area contributed by atoms with Gasteiger partial charge < -0.3 is 15.7 Å². The topological polar surface area (TPSA) is 96.5 Å². The van der Waals surface area contributed by atoms with Crippen molar-refractivity contribution in [3.05, 3.63) is 30.1 Å². The highest BCUT2D eigenvalue weighted by Gasteiger charge is 2.29. The highest BCUT2D eigenvalue weighted by molar-refractivity contribution is 5.82. The van der Waals surface area contributed by atoms with Gasteiger partial charge in [0.1, 0.15) is 0 Å². The van der Waals surface area contributed by atoms with E-state index < -0.39 is 12.0 Å². The summed E-state index contributed by atoms with van der Waals surface area (Å²) in [5.74, 6) is -1.23. The smallest absolute Gasteiger partial charge is 0.306 e. The van der Waals surface area contributed by atoms with Crippen LogP contribution in [0.2, 0.25) is 0 Å². The normalized spacial score (nSPS) is 17.8. The van der Waals surface area contributed by atoms with Gasteiger partial charge in [-0.15, -0.1) is 0 Å². The number of hydrogen-bond donors (Lipinski definition) is 2. The van der Waals surface area contributed by atoms with Crippen molar-refractivity contribution in [1.29, 1.82) is 0 Å². The molecule has 6 heteroatoms. The first-order valence-corrected chi connectivity index (χ1v) is 6.74. The zero-order chi connectivity index (χ0) is 14.5. The number of rotatable bonds is 4. The van der Waals surface area contributed by atoms with Gasteiger partial charge in [-0.2, -0.15) is 0 Å². The molecule has 1 aliphatic rings. The Bertz CT molecular complexity index is 470. The fourth-order valence-electron chi connectivity index (χ4n) is 2.44. The fraction of sp³-hybridized carbons (Fsp3) is 0.500. The molecule has 0 radical (unpaired) electrons. The van der Waals surface area contributed by atoms with E-state index >= 15 is 0 Å². The van der Waals surface area contributed by atoms with Crippen molar-refractivity contribution in [3.8, 4) is 0 Å². The lowest BCUT2D eigenvalue weighted by atomic mass is 9.96. The predicted octanol–water partition coefficient (Wildman–Crippen LogP) is 0.275. The third-order valence-corrected chi connectivity index (χ3v) is 3.65. The van der Waals surface area contributed by atoms with Crippen molar-refractivity contribution in [2.24, 2.45) is 11.7 Å². The number of carboxylic acid groups (broad SMARTS) is 1. The second kappa shape index (κ2) is 6.47. The lowest BCUT2D eigenvalue weighted by Crippen LogP contribution is -2.48. The van der Waals surface area contributed by atoms with Crippen LogP contribution in [0.5, 0.6) is 0 Å². The largest absolute Gasteiger partial charge is 0.481 e. The van der Waals surface area contributed by atoms with E-state index in [-0.39, 0.29) is 11.8 Å². The van der Waals surface area contributed by atoms with Crippen LogP contribution in [0.15, 0.2) is 24.5 Å². The first kappa shape index (κ1) is 14.5. The standard InChI is InChI=1S/C14H19N3O3/c15-12(8-10-2-1-5-16-9-10)13(18)17-6-3-11(4-7-17)14(19)20/h1-2,5,9,11-12H,3-4,6-8,15H2,(H,19,20). The van der Waals surface area contributed by atoms with Crippen molar-refractivity contribution >= 4 is 11.9 Å². The van der Waals surface area contributed by atoms with Crippen LogP contribution < -0.4 is 5.73 Å². The SMILES string of the molecule is NC(Cc1cccnc1)C(=O)N1CCC(C(=O)O)CC1. The molecule has 0 saturated carbocycles. The molecule has 1 fully saturated rings. The minimum Gasteiger partial charge on any atom is -0.481 e. The molecule has 3 N–H and O–H groups in total. The lowest BCUT2D eigenvalue weighted by Gasteiger charge is -2.31. The van der Waals surface area contributed by atoms with E-state index in [0.717, 1.165) is 5.56 Å². The van der Waals surface area contributed by atoms with E-state index in [0.29, 0.717) is 32.4 Å². The number of carboxylic acids is 1. The Hall–Kier alpha value is -1.95. The van der Waals surface area contributed by atoms with Crippen LogP contribution in [0, 0.1) is 5.92 Å². The minimum atomic E-state index is -0.781. The molecule has 20 heavy (non-hydrogen) atoms. The number of carbonyl (C=O) groups is 2. The molecule has 1 aromatic rings. The molecule has 1 saturated heterocycles. The molecule has 0 spiro atoms. The number of aromatic nitrogens is 1. The highest BCUT2D eigenvalue weighted by atomic mass is 16.4. The first-order valence-electron chi connectivity index (χ1n) is 6.74. The second-order valence-electron chi connectivity index (χ2n) is 5.11. The molecule has 1 amide bonds. The Morgan fingerprint density at radius 1 is 1.45 bits per heavy atom. The maximum absolute atomic E-state index is 12.2. The van der Waals surface area contributed by atoms with Gasteiger partial charge >= 0.3 is 5.97 Å². The maximum Gasteiger partial charge on any atom is 0.306 e. The fourth-order valence-corrected chi connectivity index (χ4v) is 2.44. The Morgan fingerprint density at radius 3 is 2.70 bits per heavy atom. The van der Waals surface area contributed by atoms with Crippen LogP contribution in [0.25, 0.3) is 0 Å². The number of piperidine rings is 1. The van der Waals surface area contributed by atoms with Crippen LogP contribution in [-0.4, -0.2) is 46.0 Å². The van der Waals surface area contributed by atoms with E-state index in [2.05, 4.69) is 4.98 Å². The zero-order valence-electron chi connectivity index (χ0n) is 11.2. The monoisotopic (exact) mass is 277 g/mol. The average molecular weight is 277 g/mol. The molecule has 6 nitrogen and oxygen atoms in total. The Kier molecular flexibility index (Phi) is 4.68. The molecule has 1 aromatic heterocycles. The van der Waals surface area contributed by atoms with Crippen molar-refractivity contribution in [2.75, 3.05) is 13.1 Å². The predicted molar refractivity (Wildman–Crippen MR) is 72.9 cm³/mol. The molecular weight excluding hydrogens is 258 g/mol. The van der Waals surface area contributed by atoms with Crippen molar-refractivity contribution < 1.29 is 14.7 Å². The van der Waals surface area contributed by atoms with Crippen LogP contribution in [0.4, 0.5) is 0 Å². The summed E-state index contributed by atoms with van der Waals surface area (Å²) in [7, 11) is 0. The summed E-state index contributed by atoms with van der Waals surface area (Å²) < 4.78 is 0. The van der Waals surface area contributed by atoms with Gasteiger partial charge in [-0.1, -0.05) is 6.07 Å². The molecule has 108 valence electrons. The summed E-state index contributed by atoms with van der Waals surface area (Å²) in [6.07, 6.45) is 4.82. The number of likely N-dealkylation sites (tertiary alicyclic amines) is 1. The number of amides is 1. The van der Waals surface area contributed by atoms with E-state index in [1.165, 1.54) is 0 Å². The molecule has 0 aliphatic carbocycles. The number of hydrogen-bond acceptors (Lipinski definition) is 4. The number of nitrogens with zero attached hydrogens (tertiary/aromatic N) is 2. The molecule has 0 bridgehead atoms. The summed E-state index contributed by atoms with van der Waals surface area (Å²) >= 11 is 0. The number of nitrogens with two attached hydrogens (primary N) is 1. The Balaban J connectivity index is 1.87. The lowest BCUT2D eigenvalue weighted by molar-refractivity contribution is -0.146. The van der Waals surface area contributed by atoms with E-state index in [9.17, 15) is 9.59 Å².